The molecule has 2 heterocycles. The predicted molar refractivity (Wildman–Crippen MR) is 69.8 cm³/mol. The van der Waals surface area contributed by atoms with Gasteiger partial charge in [0.15, 0.2) is 0 Å². The molecular weight excluding hydrogens is 316 g/mol. The zero-order chi connectivity index (χ0) is 13.8. The van der Waals surface area contributed by atoms with Crippen LogP contribution in [-0.4, -0.2) is 52.7 Å². The van der Waals surface area contributed by atoms with E-state index < -0.39 is 12.1 Å². The number of amides is 1. The largest absolute Gasteiger partial charge is 0.481 e. The average molecular weight is 329 g/mol. The third kappa shape index (κ3) is 3.74. The van der Waals surface area contributed by atoms with Crippen LogP contribution in [0.4, 0.5) is 0 Å². The van der Waals surface area contributed by atoms with E-state index in [-0.39, 0.29) is 18.9 Å². The molecule has 1 fully saturated rings. The van der Waals surface area contributed by atoms with Crippen LogP contribution < -0.4 is 0 Å². The van der Waals surface area contributed by atoms with Gasteiger partial charge in [0.1, 0.15) is 0 Å². The Labute approximate surface area is 118 Å². The highest BCUT2D eigenvalue weighted by molar-refractivity contribution is 9.10. The van der Waals surface area contributed by atoms with Crippen LogP contribution in [0.15, 0.2) is 22.9 Å². The number of aliphatic carboxylic acids is 1. The van der Waals surface area contributed by atoms with E-state index in [0.717, 1.165) is 4.47 Å². The van der Waals surface area contributed by atoms with Crippen molar-refractivity contribution in [2.45, 2.75) is 12.5 Å². The molecule has 102 valence electrons. The van der Waals surface area contributed by atoms with E-state index in [1.807, 2.05) is 0 Å². The van der Waals surface area contributed by atoms with Gasteiger partial charge in [0.25, 0.3) is 5.91 Å². The van der Waals surface area contributed by atoms with Crippen molar-refractivity contribution < 1.29 is 19.4 Å². The first-order valence-corrected chi connectivity index (χ1v) is 6.59. The number of nitrogens with zero attached hydrogens (tertiary/aromatic N) is 2. The van der Waals surface area contributed by atoms with Crippen LogP contribution in [0.25, 0.3) is 0 Å². The maximum absolute atomic E-state index is 12.2. The summed E-state index contributed by atoms with van der Waals surface area (Å²) in [4.78, 5) is 28.5. The number of morpholine rings is 1. The van der Waals surface area contributed by atoms with E-state index in [1.165, 1.54) is 6.20 Å². The molecule has 1 amide bonds. The van der Waals surface area contributed by atoms with Gasteiger partial charge in [-0.1, -0.05) is 0 Å². The molecule has 19 heavy (non-hydrogen) atoms. The van der Waals surface area contributed by atoms with Crippen molar-refractivity contribution in [2.24, 2.45) is 0 Å². The third-order valence-corrected chi connectivity index (χ3v) is 3.21. The van der Waals surface area contributed by atoms with Gasteiger partial charge in [-0.2, -0.15) is 0 Å². The van der Waals surface area contributed by atoms with E-state index in [0.29, 0.717) is 18.7 Å². The first-order chi connectivity index (χ1) is 9.06. The summed E-state index contributed by atoms with van der Waals surface area (Å²) in [6.07, 6.45) is 2.55. The number of halogens is 1. The molecule has 0 aliphatic carbocycles. The van der Waals surface area contributed by atoms with Crippen molar-refractivity contribution in [3.05, 3.63) is 28.5 Å². The molecule has 1 aliphatic rings. The van der Waals surface area contributed by atoms with Crippen molar-refractivity contribution in [3.8, 4) is 0 Å². The van der Waals surface area contributed by atoms with Crippen LogP contribution in [0, 0.1) is 0 Å². The second-order valence-electron chi connectivity index (χ2n) is 4.23. The number of aromatic nitrogens is 1. The summed E-state index contributed by atoms with van der Waals surface area (Å²) in [5.74, 6) is -1.09. The Morgan fingerprint density at radius 1 is 1.53 bits per heavy atom. The number of ether oxygens (including phenoxy) is 1. The minimum Gasteiger partial charge on any atom is -0.481 e. The van der Waals surface area contributed by atoms with Gasteiger partial charge in [0.2, 0.25) is 0 Å². The zero-order valence-corrected chi connectivity index (χ0v) is 11.7. The SMILES string of the molecule is O=C(O)CC1CN(C(=O)c2cncc(Br)c2)CCO1. The monoisotopic (exact) mass is 328 g/mol. The van der Waals surface area contributed by atoms with Gasteiger partial charge in [-0.05, 0) is 22.0 Å². The van der Waals surface area contributed by atoms with Gasteiger partial charge in [-0.15, -0.1) is 0 Å². The topological polar surface area (TPSA) is 79.7 Å². The number of carboxylic acid groups (broad SMARTS) is 1. The van der Waals surface area contributed by atoms with E-state index in [2.05, 4.69) is 20.9 Å². The Bertz CT molecular complexity index is 494. The van der Waals surface area contributed by atoms with Crippen LogP contribution >= 0.6 is 15.9 Å². The van der Waals surface area contributed by atoms with Crippen LogP contribution in [0.5, 0.6) is 0 Å². The second kappa shape index (κ2) is 6.12. The molecule has 7 heteroatoms. The lowest BCUT2D eigenvalue weighted by Gasteiger charge is -2.32. The highest BCUT2D eigenvalue weighted by Crippen LogP contribution is 2.15. The summed E-state index contributed by atoms with van der Waals surface area (Å²) < 4.78 is 6.06. The first kappa shape index (κ1) is 14.0. The summed E-state index contributed by atoms with van der Waals surface area (Å²) in [5.41, 5.74) is 0.477. The van der Waals surface area contributed by atoms with Gasteiger partial charge in [0.05, 0.1) is 24.7 Å². The van der Waals surface area contributed by atoms with Crippen molar-refractivity contribution in [1.29, 1.82) is 0 Å². The van der Waals surface area contributed by atoms with Crippen LogP contribution in [0.1, 0.15) is 16.8 Å². The number of carbonyl (C=O) groups excluding carboxylic acids is 1. The molecule has 1 saturated heterocycles. The molecule has 0 bridgehead atoms. The van der Waals surface area contributed by atoms with Crippen LogP contribution in [-0.2, 0) is 9.53 Å². The first-order valence-electron chi connectivity index (χ1n) is 5.79. The lowest BCUT2D eigenvalue weighted by molar-refractivity contribution is -0.141. The molecule has 2 rings (SSSR count). The van der Waals surface area contributed by atoms with Crippen LogP contribution in [0.3, 0.4) is 0 Å². The number of carboxylic acids is 1. The van der Waals surface area contributed by atoms with Gasteiger partial charge in [-0.3, -0.25) is 14.6 Å². The normalized spacial score (nSPS) is 19.2. The quantitative estimate of drug-likeness (QED) is 0.900. The number of rotatable bonds is 3. The fourth-order valence-corrected chi connectivity index (χ4v) is 2.30. The van der Waals surface area contributed by atoms with Crippen LogP contribution in [0.2, 0.25) is 0 Å². The second-order valence-corrected chi connectivity index (χ2v) is 5.15. The standard InChI is InChI=1S/C12H13BrN2O4/c13-9-3-8(5-14-6-9)12(18)15-1-2-19-10(7-15)4-11(16)17/h3,5-6,10H,1-2,4,7H2,(H,16,17). The Kier molecular flexibility index (Phi) is 4.49. The summed E-state index contributed by atoms with van der Waals surface area (Å²) in [7, 11) is 0. The average Bonchev–Trinajstić information content (AvgIpc) is 2.37. The molecule has 0 radical (unpaired) electrons. The fourth-order valence-electron chi connectivity index (χ4n) is 1.93. The highest BCUT2D eigenvalue weighted by atomic mass is 79.9. The highest BCUT2D eigenvalue weighted by Gasteiger charge is 2.26. The Hall–Kier alpha value is -1.47. The molecular formula is C12H13BrN2O4. The van der Waals surface area contributed by atoms with Gasteiger partial charge < -0.3 is 14.7 Å². The zero-order valence-electron chi connectivity index (χ0n) is 10.1. The molecule has 0 spiro atoms. The molecule has 1 atom stereocenters. The summed E-state index contributed by atoms with van der Waals surface area (Å²) in [5, 5.41) is 8.74. The van der Waals surface area contributed by atoms with Crippen molar-refractivity contribution in [1.82, 2.24) is 9.88 Å². The van der Waals surface area contributed by atoms with E-state index in [4.69, 9.17) is 9.84 Å². The molecule has 6 nitrogen and oxygen atoms in total. The number of hydrogen-bond donors (Lipinski definition) is 1. The molecule has 1 aromatic rings. The van der Waals surface area contributed by atoms with Crippen molar-refractivity contribution in [3.63, 3.8) is 0 Å². The lowest BCUT2D eigenvalue weighted by atomic mass is 10.1. The number of carbonyl (C=O) groups is 2. The Balaban J connectivity index is 2.04. The fraction of sp³-hybridized carbons (Fsp3) is 0.417. The van der Waals surface area contributed by atoms with E-state index in [9.17, 15) is 9.59 Å². The Morgan fingerprint density at radius 3 is 3.00 bits per heavy atom. The number of hydrogen-bond acceptors (Lipinski definition) is 4. The molecule has 1 N–H and O–H groups in total. The maximum atomic E-state index is 12.2. The maximum Gasteiger partial charge on any atom is 0.306 e. The molecule has 1 aromatic heterocycles. The lowest BCUT2D eigenvalue weighted by Crippen LogP contribution is -2.46. The minimum absolute atomic E-state index is 0.0967. The minimum atomic E-state index is -0.927. The third-order valence-electron chi connectivity index (χ3n) is 2.78. The van der Waals surface area contributed by atoms with Crippen molar-refractivity contribution in [2.75, 3.05) is 19.7 Å². The summed E-state index contributed by atoms with van der Waals surface area (Å²) >= 11 is 3.26. The summed E-state index contributed by atoms with van der Waals surface area (Å²) in [6, 6.07) is 1.69. The number of pyridine rings is 1. The van der Waals surface area contributed by atoms with E-state index in [1.54, 1.807) is 17.2 Å². The Morgan fingerprint density at radius 2 is 2.32 bits per heavy atom. The predicted octanol–water partition coefficient (Wildman–Crippen LogP) is 1.16. The molecule has 1 aliphatic heterocycles. The van der Waals surface area contributed by atoms with Gasteiger partial charge >= 0.3 is 5.97 Å². The smallest absolute Gasteiger partial charge is 0.306 e. The van der Waals surface area contributed by atoms with Gasteiger partial charge in [-0.25, -0.2) is 0 Å². The molecule has 0 saturated carbocycles. The summed E-state index contributed by atoms with van der Waals surface area (Å²) in [6.45, 7) is 1.10. The molecule has 1 unspecified atom stereocenters. The molecule has 0 aromatic carbocycles. The van der Waals surface area contributed by atoms with Crippen molar-refractivity contribution >= 4 is 27.8 Å². The van der Waals surface area contributed by atoms with Gasteiger partial charge in [0, 0.05) is 30.0 Å². The van der Waals surface area contributed by atoms with E-state index >= 15 is 0 Å².